The lowest BCUT2D eigenvalue weighted by atomic mass is 10.6. The molecule has 1 aliphatic rings. The van der Waals surface area contributed by atoms with Gasteiger partial charge < -0.3 is 14.8 Å². The van der Waals surface area contributed by atoms with Gasteiger partial charge in [0.05, 0.1) is 0 Å². The fourth-order valence-corrected chi connectivity index (χ4v) is 0.394. The molecule has 0 radical (unpaired) electrons. The van der Waals surface area contributed by atoms with Gasteiger partial charge in [0.1, 0.15) is 13.2 Å². The van der Waals surface area contributed by atoms with Crippen molar-refractivity contribution in [1.82, 2.24) is 5.32 Å². The molecule has 0 atom stereocenters. The van der Waals surface area contributed by atoms with Crippen molar-refractivity contribution < 1.29 is 19.1 Å². The summed E-state index contributed by atoms with van der Waals surface area (Å²) >= 11 is 0. The number of carbonyl (C=O) groups is 2. The van der Waals surface area contributed by atoms with Crippen LogP contribution in [0.25, 0.3) is 0 Å². The summed E-state index contributed by atoms with van der Waals surface area (Å²) in [5.74, 6) is -0.144. The maximum Gasteiger partial charge on any atom is 0.508 e. The Bertz CT molecular complexity index is 170. The summed E-state index contributed by atoms with van der Waals surface area (Å²) < 4.78 is 8.58. The SMILES string of the molecule is C=CC(=O)NC.O=C1OCCO1. The topological polar surface area (TPSA) is 64.6 Å². The Balaban J connectivity index is 0.000000202. The molecule has 0 spiro atoms. The molecule has 1 fully saturated rings. The second kappa shape index (κ2) is 6.21. The number of amides is 1. The van der Waals surface area contributed by atoms with Gasteiger partial charge in [-0.15, -0.1) is 0 Å². The summed E-state index contributed by atoms with van der Waals surface area (Å²) in [4.78, 5) is 19.8. The first-order valence-corrected chi connectivity index (χ1v) is 3.34. The van der Waals surface area contributed by atoms with E-state index in [1.165, 1.54) is 6.08 Å². The van der Waals surface area contributed by atoms with Gasteiger partial charge in [-0.3, -0.25) is 4.79 Å². The standard InChI is InChI=1S/C4H7NO.C3H4O3/c1-3-4(6)5-2;4-3-5-1-2-6-3/h3H,1H2,2H3,(H,5,6);1-2H2. The molecule has 0 aliphatic carbocycles. The van der Waals surface area contributed by atoms with Crippen molar-refractivity contribution in [2.45, 2.75) is 0 Å². The Kier molecular flexibility index (Phi) is 5.42. The van der Waals surface area contributed by atoms with Crippen LogP contribution in [-0.4, -0.2) is 32.3 Å². The number of nitrogens with one attached hydrogen (secondary N) is 1. The van der Waals surface area contributed by atoms with Gasteiger partial charge in [-0.1, -0.05) is 6.58 Å². The molecule has 1 rings (SSSR count). The van der Waals surface area contributed by atoms with Crippen molar-refractivity contribution in [2.75, 3.05) is 20.3 Å². The largest absolute Gasteiger partial charge is 0.508 e. The lowest BCUT2D eigenvalue weighted by Gasteiger charge is -1.82. The molecule has 1 heterocycles. The van der Waals surface area contributed by atoms with E-state index in [1.807, 2.05) is 0 Å². The molecule has 0 unspecified atom stereocenters. The molecule has 0 saturated carbocycles. The molecule has 1 amide bonds. The highest BCUT2D eigenvalue weighted by atomic mass is 16.8. The number of carbonyl (C=O) groups excluding carboxylic acids is 2. The highest BCUT2D eigenvalue weighted by molar-refractivity contribution is 5.86. The van der Waals surface area contributed by atoms with E-state index in [-0.39, 0.29) is 5.91 Å². The molecular weight excluding hydrogens is 162 g/mol. The van der Waals surface area contributed by atoms with Gasteiger partial charge in [-0.25, -0.2) is 4.79 Å². The van der Waals surface area contributed by atoms with Gasteiger partial charge in [-0.05, 0) is 6.08 Å². The lowest BCUT2D eigenvalue weighted by molar-refractivity contribution is -0.116. The number of cyclic esters (lactones) is 2. The molecule has 1 aliphatic heterocycles. The maximum atomic E-state index is 9.95. The van der Waals surface area contributed by atoms with Crippen LogP contribution in [0, 0.1) is 0 Å². The van der Waals surface area contributed by atoms with Crippen molar-refractivity contribution in [2.24, 2.45) is 0 Å². The van der Waals surface area contributed by atoms with Crippen LogP contribution in [0.3, 0.4) is 0 Å². The minimum Gasteiger partial charge on any atom is -0.431 e. The molecule has 68 valence electrons. The van der Waals surface area contributed by atoms with Crippen LogP contribution in [0.4, 0.5) is 4.79 Å². The zero-order chi connectivity index (χ0) is 9.40. The molecule has 1 N–H and O–H groups in total. The van der Waals surface area contributed by atoms with Gasteiger partial charge >= 0.3 is 6.16 Å². The summed E-state index contributed by atoms with van der Waals surface area (Å²) in [5, 5.41) is 2.36. The van der Waals surface area contributed by atoms with Crippen molar-refractivity contribution in [1.29, 1.82) is 0 Å². The first-order chi connectivity index (χ1) is 5.70. The Labute approximate surface area is 70.3 Å². The van der Waals surface area contributed by atoms with Crippen molar-refractivity contribution in [3.63, 3.8) is 0 Å². The van der Waals surface area contributed by atoms with E-state index in [2.05, 4.69) is 21.4 Å². The van der Waals surface area contributed by atoms with Crippen LogP contribution < -0.4 is 5.32 Å². The van der Waals surface area contributed by atoms with Gasteiger partial charge in [0, 0.05) is 7.05 Å². The molecule has 0 bridgehead atoms. The third-order valence-electron chi connectivity index (χ3n) is 0.955. The minimum atomic E-state index is -0.546. The summed E-state index contributed by atoms with van der Waals surface area (Å²) in [6.45, 7) is 4.05. The zero-order valence-electron chi connectivity index (χ0n) is 6.83. The number of rotatable bonds is 1. The number of hydrogen-bond donors (Lipinski definition) is 1. The van der Waals surface area contributed by atoms with Gasteiger partial charge in [-0.2, -0.15) is 0 Å². The number of hydrogen-bond acceptors (Lipinski definition) is 4. The Morgan fingerprint density at radius 3 is 2.17 bits per heavy atom. The van der Waals surface area contributed by atoms with E-state index < -0.39 is 6.16 Å². The van der Waals surface area contributed by atoms with Gasteiger partial charge in [0.2, 0.25) is 5.91 Å². The van der Waals surface area contributed by atoms with Crippen molar-refractivity contribution in [3.8, 4) is 0 Å². The Morgan fingerprint density at radius 1 is 1.58 bits per heavy atom. The fraction of sp³-hybridized carbons (Fsp3) is 0.429. The van der Waals surface area contributed by atoms with Crippen LogP contribution in [0.2, 0.25) is 0 Å². The third-order valence-corrected chi connectivity index (χ3v) is 0.955. The third kappa shape index (κ3) is 5.28. The van der Waals surface area contributed by atoms with E-state index in [4.69, 9.17) is 0 Å². The first-order valence-electron chi connectivity index (χ1n) is 3.34. The van der Waals surface area contributed by atoms with E-state index >= 15 is 0 Å². The maximum absolute atomic E-state index is 9.95. The molecule has 12 heavy (non-hydrogen) atoms. The molecular formula is C7H11NO4. The molecule has 1 saturated heterocycles. The molecule has 5 nitrogen and oxygen atoms in total. The monoisotopic (exact) mass is 173 g/mol. The minimum absolute atomic E-state index is 0.144. The van der Waals surface area contributed by atoms with Crippen LogP contribution in [0.5, 0.6) is 0 Å². The van der Waals surface area contributed by atoms with Gasteiger partial charge in [0.25, 0.3) is 0 Å². The van der Waals surface area contributed by atoms with Gasteiger partial charge in [0.15, 0.2) is 0 Å². The molecule has 0 aromatic rings. The van der Waals surface area contributed by atoms with E-state index in [0.717, 1.165) is 0 Å². The molecule has 5 heteroatoms. The summed E-state index contributed by atoms with van der Waals surface area (Å²) in [7, 11) is 1.56. The zero-order valence-corrected chi connectivity index (χ0v) is 6.83. The average molecular weight is 173 g/mol. The van der Waals surface area contributed by atoms with Crippen LogP contribution >= 0.6 is 0 Å². The van der Waals surface area contributed by atoms with Crippen LogP contribution in [-0.2, 0) is 14.3 Å². The van der Waals surface area contributed by atoms with Crippen molar-refractivity contribution >= 4 is 12.1 Å². The highest BCUT2D eigenvalue weighted by Gasteiger charge is 2.09. The lowest BCUT2D eigenvalue weighted by Crippen LogP contribution is -2.13. The second-order valence-corrected chi connectivity index (χ2v) is 1.77. The smallest absolute Gasteiger partial charge is 0.431 e. The summed E-state index contributed by atoms with van der Waals surface area (Å²) in [5.41, 5.74) is 0. The number of likely N-dealkylation sites (N-methyl/N-ethyl adjacent to an activating group) is 1. The molecule has 0 aromatic heterocycles. The predicted molar refractivity (Wildman–Crippen MR) is 41.6 cm³/mol. The van der Waals surface area contributed by atoms with E-state index in [1.54, 1.807) is 7.05 Å². The number of ether oxygens (including phenoxy) is 2. The normalized spacial score (nSPS) is 13.2. The first kappa shape index (κ1) is 10.5. The van der Waals surface area contributed by atoms with Crippen molar-refractivity contribution in [3.05, 3.63) is 12.7 Å². The highest BCUT2D eigenvalue weighted by Crippen LogP contribution is 1.92. The summed E-state index contributed by atoms with van der Waals surface area (Å²) in [6, 6.07) is 0. The molecule has 0 aromatic carbocycles. The fourth-order valence-electron chi connectivity index (χ4n) is 0.394. The van der Waals surface area contributed by atoms with Crippen LogP contribution in [0.15, 0.2) is 12.7 Å². The average Bonchev–Trinajstić information content (AvgIpc) is 2.55. The second-order valence-electron chi connectivity index (χ2n) is 1.77. The predicted octanol–water partition coefficient (Wildman–Crippen LogP) is 0.0716. The quantitative estimate of drug-likeness (QED) is 0.450. The summed E-state index contributed by atoms with van der Waals surface area (Å²) in [6.07, 6.45) is 0.676. The Hall–Kier alpha value is -1.52. The van der Waals surface area contributed by atoms with E-state index in [0.29, 0.717) is 13.2 Å². The van der Waals surface area contributed by atoms with Crippen LogP contribution in [0.1, 0.15) is 0 Å². The van der Waals surface area contributed by atoms with E-state index in [9.17, 15) is 9.59 Å². The Morgan fingerprint density at radius 2 is 2.08 bits per heavy atom.